The highest BCUT2D eigenvalue weighted by atomic mass is 19.1. The summed E-state index contributed by atoms with van der Waals surface area (Å²) < 4.78 is 25.7. The number of para-hydroxylation sites is 1. The molecule has 7 heteroatoms. The molecule has 160 valence electrons. The van der Waals surface area contributed by atoms with Gasteiger partial charge in [-0.05, 0) is 36.2 Å². The molecule has 32 heavy (non-hydrogen) atoms. The van der Waals surface area contributed by atoms with Crippen molar-refractivity contribution in [1.82, 2.24) is 9.88 Å². The molecule has 0 radical (unpaired) electrons. The van der Waals surface area contributed by atoms with Crippen LogP contribution in [-0.4, -0.2) is 29.3 Å². The van der Waals surface area contributed by atoms with Crippen molar-refractivity contribution in [1.29, 1.82) is 0 Å². The molecule has 1 aromatic heterocycles. The smallest absolute Gasteiger partial charge is 0.322 e. The first-order chi connectivity index (χ1) is 15.7. The molecule has 0 aliphatic carbocycles. The van der Waals surface area contributed by atoms with Gasteiger partial charge in [-0.3, -0.25) is 0 Å². The summed E-state index contributed by atoms with van der Waals surface area (Å²) in [5.41, 5.74) is 4.01. The average Bonchev–Trinajstić information content (AvgIpc) is 3.43. The first-order valence-electron chi connectivity index (χ1n) is 10.5. The number of carbonyl (C=O) groups is 1. The maximum Gasteiger partial charge on any atom is 0.322 e. The molecular formula is C25H20FN3O3. The summed E-state index contributed by atoms with van der Waals surface area (Å²) in [5, 5.41) is 4.05. The Bertz CT molecular complexity index is 1350. The lowest BCUT2D eigenvalue weighted by Crippen LogP contribution is -2.43. The van der Waals surface area contributed by atoms with E-state index in [1.807, 2.05) is 18.2 Å². The van der Waals surface area contributed by atoms with Crippen molar-refractivity contribution in [3.8, 4) is 11.5 Å². The van der Waals surface area contributed by atoms with Crippen LogP contribution in [0.2, 0.25) is 0 Å². The summed E-state index contributed by atoms with van der Waals surface area (Å²) in [6.45, 7) is 0.627. The number of fused-ring (bicyclic) bond motifs is 4. The molecule has 0 bridgehead atoms. The van der Waals surface area contributed by atoms with Gasteiger partial charge in [-0.15, -0.1) is 0 Å². The van der Waals surface area contributed by atoms with E-state index < -0.39 is 6.04 Å². The molecule has 6 rings (SSSR count). The Hall–Kier alpha value is -4.00. The number of ether oxygens (including phenoxy) is 2. The van der Waals surface area contributed by atoms with Crippen LogP contribution in [-0.2, 0) is 6.42 Å². The van der Waals surface area contributed by atoms with Crippen molar-refractivity contribution in [2.24, 2.45) is 0 Å². The Labute approximate surface area is 183 Å². The van der Waals surface area contributed by atoms with Crippen molar-refractivity contribution in [3.63, 3.8) is 0 Å². The summed E-state index contributed by atoms with van der Waals surface area (Å²) in [7, 11) is 0. The topological polar surface area (TPSA) is 66.6 Å². The van der Waals surface area contributed by atoms with E-state index in [2.05, 4.69) is 16.4 Å². The SMILES string of the molecule is O=C(Nc1ccc2c(c1)OCO2)N1CCc2c([nH]c3ccccc23)[C@@H]1c1ccccc1F. The van der Waals surface area contributed by atoms with Gasteiger partial charge in [-0.1, -0.05) is 36.4 Å². The fraction of sp³-hybridized carbons (Fsp3) is 0.160. The number of H-pyrrole nitrogens is 1. The van der Waals surface area contributed by atoms with Crippen molar-refractivity contribution >= 4 is 22.6 Å². The number of rotatable bonds is 2. The van der Waals surface area contributed by atoms with E-state index in [1.165, 1.54) is 6.07 Å². The molecule has 2 amide bonds. The summed E-state index contributed by atoms with van der Waals surface area (Å²) in [6, 6.07) is 19.0. The van der Waals surface area contributed by atoms with Crippen LogP contribution in [0.5, 0.6) is 11.5 Å². The highest BCUT2D eigenvalue weighted by Gasteiger charge is 2.36. The Morgan fingerprint density at radius 1 is 1.03 bits per heavy atom. The van der Waals surface area contributed by atoms with Gasteiger partial charge in [0.25, 0.3) is 0 Å². The van der Waals surface area contributed by atoms with Crippen LogP contribution in [0.1, 0.15) is 22.9 Å². The van der Waals surface area contributed by atoms with E-state index in [4.69, 9.17) is 9.47 Å². The molecule has 0 saturated heterocycles. The van der Waals surface area contributed by atoms with Crippen LogP contribution >= 0.6 is 0 Å². The minimum Gasteiger partial charge on any atom is -0.454 e. The zero-order chi connectivity index (χ0) is 21.7. The number of halogens is 1. The number of aromatic nitrogens is 1. The molecule has 2 aliphatic heterocycles. The van der Waals surface area contributed by atoms with E-state index in [0.29, 0.717) is 35.7 Å². The zero-order valence-electron chi connectivity index (χ0n) is 17.1. The average molecular weight is 429 g/mol. The maximum absolute atomic E-state index is 14.9. The number of benzene rings is 3. The third kappa shape index (κ3) is 2.97. The van der Waals surface area contributed by atoms with Gasteiger partial charge in [0.1, 0.15) is 11.9 Å². The van der Waals surface area contributed by atoms with Gasteiger partial charge in [0.05, 0.1) is 0 Å². The second kappa shape index (κ2) is 7.30. The van der Waals surface area contributed by atoms with Gasteiger partial charge < -0.3 is 24.7 Å². The lowest BCUT2D eigenvalue weighted by molar-refractivity contribution is 0.174. The second-order valence-electron chi connectivity index (χ2n) is 7.93. The molecule has 3 aromatic carbocycles. The number of aromatic amines is 1. The van der Waals surface area contributed by atoms with Crippen molar-refractivity contribution < 1.29 is 18.7 Å². The van der Waals surface area contributed by atoms with Crippen molar-refractivity contribution in [2.45, 2.75) is 12.5 Å². The zero-order valence-corrected chi connectivity index (χ0v) is 17.1. The Kier molecular flexibility index (Phi) is 4.28. The normalized spacial score (nSPS) is 16.8. The van der Waals surface area contributed by atoms with Crippen LogP contribution in [0.3, 0.4) is 0 Å². The molecule has 6 nitrogen and oxygen atoms in total. The second-order valence-corrected chi connectivity index (χ2v) is 7.93. The summed E-state index contributed by atoms with van der Waals surface area (Å²) in [5.74, 6) is 0.891. The monoisotopic (exact) mass is 429 g/mol. The van der Waals surface area contributed by atoms with Crippen LogP contribution in [0.4, 0.5) is 14.9 Å². The van der Waals surface area contributed by atoms with E-state index in [1.54, 1.807) is 41.3 Å². The quantitative estimate of drug-likeness (QED) is 0.459. The van der Waals surface area contributed by atoms with Crippen LogP contribution in [0.15, 0.2) is 66.7 Å². The molecule has 3 heterocycles. The first-order valence-corrected chi connectivity index (χ1v) is 10.5. The number of hydrogen-bond acceptors (Lipinski definition) is 3. The minimum atomic E-state index is -0.568. The van der Waals surface area contributed by atoms with Crippen LogP contribution < -0.4 is 14.8 Å². The highest BCUT2D eigenvalue weighted by Crippen LogP contribution is 2.40. The molecule has 4 aromatic rings. The van der Waals surface area contributed by atoms with Gasteiger partial charge in [0.2, 0.25) is 6.79 Å². The third-order valence-electron chi connectivity index (χ3n) is 6.12. The molecular weight excluding hydrogens is 409 g/mol. The van der Waals surface area contributed by atoms with E-state index in [0.717, 1.165) is 22.2 Å². The summed E-state index contributed by atoms with van der Waals surface area (Å²) in [6.07, 6.45) is 0.679. The van der Waals surface area contributed by atoms with Gasteiger partial charge in [0.15, 0.2) is 11.5 Å². The predicted octanol–water partition coefficient (Wildman–Crippen LogP) is 5.22. The molecule has 1 atom stereocenters. The molecule has 0 fully saturated rings. The number of nitrogens with one attached hydrogen (secondary N) is 2. The summed E-state index contributed by atoms with van der Waals surface area (Å²) >= 11 is 0. The Balaban J connectivity index is 1.41. The van der Waals surface area contributed by atoms with Gasteiger partial charge >= 0.3 is 6.03 Å². The molecule has 2 N–H and O–H groups in total. The van der Waals surface area contributed by atoms with E-state index in [-0.39, 0.29) is 18.6 Å². The minimum absolute atomic E-state index is 0.164. The molecule has 0 saturated carbocycles. The fourth-order valence-corrected chi connectivity index (χ4v) is 4.65. The fourth-order valence-electron chi connectivity index (χ4n) is 4.65. The van der Waals surface area contributed by atoms with Gasteiger partial charge in [-0.25, -0.2) is 9.18 Å². The lowest BCUT2D eigenvalue weighted by atomic mass is 9.92. The number of hydrogen-bond donors (Lipinski definition) is 2. The number of amides is 2. The Morgan fingerprint density at radius 3 is 2.75 bits per heavy atom. The maximum atomic E-state index is 14.9. The molecule has 2 aliphatic rings. The number of carbonyl (C=O) groups excluding carboxylic acids is 1. The van der Waals surface area contributed by atoms with Gasteiger partial charge in [-0.2, -0.15) is 0 Å². The largest absolute Gasteiger partial charge is 0.454 e. The van der Waals surface area contributed by atoms with Crippen LogP contribution in [0.25, 0.3) is 10.9 Å². The van der Waals surface area contributed by atoms with E-state index >= 15 is 0 Å². The molecule has 0 spiro atoms. The number of nitrogens with zero attached hydrogens (tertiary/aromatic N) is 1. The Morgan fingerprint density at radius 2 is 1.84 bits per heavy atom. The third-order valence-corrected chi connectivity index (χ3v) is 6.12. The van der Waals surface area contributed by atoms with Crippen molar-refractivity contribution in [2.75, 3.05) is 18.7 Å². The predicted molar refractivity (Wildman–Crippen MR) is 119 cm³/mol. The molecule has 0 unspecified atom stereocenters. The van der Waals surface area contributed by atoms with Gasteiger partial charge in [0, 0.05) is 40.5 Å². The number of urea groups is 1. The summed E-state index contributed by atoms with van der Waals surface area (Å²) in [4.78, 5) is 18.5. The van der Waals surface area contributed by atoms with E-state index in [9.17, 15) is 9.18 Å². The first kappa shape index (κ1) is 18.7. The standard InChI is InChI=1S/C25H20FN3O3/c26-19-7-3-1-6-18(19)24-23-17(16-5-2-4-8-20(16)28-23)11-12-29(24)25(30)27-15-9-10-21-22(13-15)32-14-31-21/h1-10,13,24,28H,11-12,14H2,(H,27,30)/t24-/m0/s1. The van der Waals surface area contributed by atoms with Crippen LogP contribution in [0, 0.1) is 5.82 Å². The highest BCUT2D eigenvalue weighted by molar-refractivity contribution is 5.92. The van der Waals surface area contributed by atoms with Crippen molar-refractivity contribution in [3.05, 3.63) is 89.4 Å². The number of anilines is 1. The lowest BCUT2D eigenvalue weighted by Gasteiger charge is -2.36.